The molecule has 5 heteroatoms. The van der Waals surface area contributed by atoms with Crippen LogP contribution in [0, 0.1) is 11.6 Å². The van der Waals surface area contributed by atoms with Crippen LogP contribution in [0.2, 0.25) is 0 Å². The standard InChI is InChI=1S/C10H10BrF2NO/c1-2-3-14-10(15)6-4-7(11)9(13)8(12)5-6/h4-5H,2-3H2,1H3,(H,14,15). The Morgan fingerprint density at radius 1 is 1.47 bits per heavy atom. The molecule has 0 fully saturated rings. The first-order valence-electron chi connectivity index (χ1n) is 4.49. The SMILES string of the molecule is CCCNC(=O)c1cc(F)c(F)c(Br)c1. The van der Waals surface area contributed by atoms with Crippen LogP contribution in [-0.2, 0) is 0 Å². The summed E-state index contributed by atoms with van der Waals surface area (Å²) in [5.41, 5.74) is 0.106. The van der Waals surface area contributed by atoms with Crippen LogP contribution in [0.3, 0.4) is 0 Å². The van der Waals surface area contributed by atoms with Gasteiger partial charge in [0.25, 0.3) is 5.91 Å². The van der Waals surface area contributed by atoms with E-state index in [9.17, 15) is 13.6 Å². The highest BCUT2D eigenvalue weighted by molar-refractivity contribution is 9.10. The summed E-state index contributed by atoms with van der Waals surface area (Å²) in [6.07, 6.45) is 0.788. The second-order valence-electron chi connectivity index (χ2n) is 3.01. The zero-order valence-electron chi connectivity index (χ0n) is 8.11. The van der Waals surface area contributed by atoms with Crippen LogP contribution in [0.1, 0.15) is 23.7 Å². The van der Waals surface area contributed by atoms with Gasteiger partial charge in [-0.15, -0.1) is 0 Å². The summed E-state index contributed by atoms with van der Waals surface area (Å²) >= 11 is 2.84. The predicted molar refractivity (Wildman–Crippen MR) is 56.7 cm³/mol. The number of amides is 1. The quantitative estimate of drug-likeness (QED) is 0.846. The van der Waals surface area contributed by atoms with Crippen LogP contribution in [0.15, 0.2) is 16.6 Å². The third-order valence-corrected chi connectivity index (χ3v) is 2.36. The minimum Gasteiger partial charge on any atom is -0.352 e. The van der Waals surface area contributed by atoms with Gasteiger partial charge in [-0.25, -0.2) is 8.78 Å². The van der Waals surface area contributed by atoms with Gasteiger partial charge in [-0.1, -0.05) is 6.92 Å². The highest BCUT2D eigenvalue weighted by atomic mass is 79.9. The monoisotopic (exact) mass is 277 g/mol. The fourth-order valence-electron chi connectivity index (χ4n) is 1.03. The van der Waals surface area contributed by atoms with E-state index < -0.39 is 17.5 Å². The van der Waals surface area contributed by atoms with Crippen molar-refractivity contribution in [2.24, 2.45) is 0 Å². The van der Waals surface area contributed by atoms with Gasteiger partial charge in [0.15, 0.2) is 11.6 Å². The van der Waals surface area contributed by atoms with Crippen LogP contribution in [0.25, 0.3) is 0 Å². The van der Waals surface area contributed by atoms with E-state index in [2.05, 4.69) is 21.2 Å². The van der Waals surface area contributed by atoms with Crippen molar-refractivity contribution in [1.82, 2.24) is 5.32 Å². The Hall–Kier alpha value is -0.970. The van der Waals surface area contributed by atoms with E-state index in [1.54, 1.807) is 0 Å². The Morgan fingerprint density at radius 3 is 2.67 bits per heavy atom. The van der Waals surface area contributed by atoms with Crippen molar-refractivity contribution < 1.29 is 13.6 Å². The summed E-state index contributed by atoms with van der Waals surface area (Å²) in [5, 5.41) is 2.57. The Bertz CT molecular complexity index is 359. The maximum absolute atomic E-state index is 12.9. The molecule has 1 rings (SSSR count). The molecule has 0 aromatic heterocycles. The number of hydrogen-bond donors (Lipinski definition) is 1. The number of hydrogen-bond acceptors (Lipinski definition) is 1. The van der Waals surface area contributed by atoms with Crippen molar-refractivity contribution in [2.45, 2.75) is 13.3 Å². The van der Waals surface area contributed by atoms with Crippen molar-refractivity contribution in [3.05, 3.63) is 33.8 Å². The normalized spacial score (nSPS) is 10.1. The van der Waals surface area contributed by atoms with Gasteiger partial charge in [0.2, 0.25) is 0 Å². The lowest BCUT2D eigenvalue weighted by Gasteiger charge is -2.05. The molecule has 0 bridgehead atoms. The van der Waals surface area contributed by atoms with E-state index in [0.717, 1.165) is 12.5 Å². The maximum Gasteiger partial charge on any atom is 0.251 e. The molecule has 15 heavy (non-hydrogen) atoms. The lowest BCUT2D eigenvalue weighted by atomic mass is 10.2. The summed E-state index contributed by atoms with van der Waals surface area (Å²) in [5.74, 6) is -2.43. The van der Waals surface area contributed by atoms with Crippen molar-refractivity contribution >= 4 is 21.8 Å². The van der Waals surface area contributed by atoms with Crippen LogP contribution < -0.4 is 5.32 Å². The van der Waals surface area contributed by atoms with Crippen molar-refractivity contribution in [3.63, 3.8) is 0 Å². The number of benzene rings is 1. The lowest BCUT2D eigenvalue weighted by molar-refractivity contribution is 0.0953. The molecule has 0 unspecified atom stereocenters. The van der Waals surface area contributed by atoms with Gasteiger partial charge >= 0.3 is 0 Å². The first kappa shape index (κ1) is 12.1. The fraction of sp³-hybridized carbons (Fsp3) is 0.300. The van der Waals surface area contributed by atoms with Crippen molar-refractivity contribution in [3.8, 4) is 0 Å². The number of carbonyl (C=O) groups is 1. The Labute approximate surface area is 94.8 Å². The molecule has 0 aliphatic rings. The molecular formula is C10H10BrF2NO. The average Bonchev–Trinajstić information content (AvgIpc) is 2.21. The van der Waals surface area contributed by atoms with Gasteiger partial charge in [-0.3, -0.25) is 4.79 Å². The van der Waals surface area contributed by atoms with Gasteiger partial charge in [-0.2, -0.15) is 0 Å². The van der Waals surface area contributed by atoms with Crippen LogP contribution >= 0.6 is 15.9 Å². The van der Waals surface area contributed by atoms with E-state index in [4.69, 9.17) is 0 Å². The highest BCUT2D eigenvalue weighted by Crippen LogP contribution is 2.20. The molecule has 0 atom stereocenters. The molecule has 0 aliphatic carbocycles. The molecule has 1 N–H and O–H groups in total. The van der Waals surface area contributed by atoms with Gasteiger partial charge < -0.3 is 5.32 Å². The second-order valence-corrected chi connectivity index (χ2v) is 3.86. The van der Waals surface area contributed by atoms with Gasteiger partial charge in [0.1, 0.15) is 0 Å². The number of carbonyl (C=O) groups excluding carboxylic acids is 1. The predicted octanol–water partition coefficient (Wildman–Crippen LogP) is 2.87. The Kier molecular flexibility index (Phi) is 4.20. The summed E-state index contributed by atoms with van der Waals surface area (Å²) in [6.45, 7) is 2.41. The third kappa shape index (κ3) is 2.99. The van der Waals surface area contributed by atoms with Crippen LogP contribution in [0.5, 0.6) is 0 Å². The first-order chi connectivity index (χ1) is 7.06. The third-order valence-electron chi connectivity index (χ3n) is 1.78. The number of nitrogens with one attached hydrogen (secondary N) is 1. The van der Waals surface area contributed by atoms with E-state index in [1.807, 2.05) is 6.92 Å². The molecular weight excluding hydrogens is 268 g/mol. The largest absolute Gasteiger partial charge is 0.352 e. The Morgan fingerprint density at radius 2 is 2.13 bits per heavy atom. The molecule has 1 aromatic rings. The highest BCUT2D eigenvalue weighted by Gasteiger charge is 2.12. The van der Waals surface area contributed by atoms with Gasteiger partial charge in [0, 0.05) is 12.1 Å². The minimum absolute atomic E-state index is 0.0517. The number of rotatable bonds is 3. The zero-order chi connectivity index (χ0) is 11.4. The molecule has 0 spiro atoms. The van der Waals surface area contributed by atoms with Gasteiger partial charge in [-0.05, 0) is 34.5 Å². The average molecular weight is 278 g/mol. The minimum atomic E-state index is -1.04. The zero-order valence-corrected chi connectivity index (χ0v) is 9.70. The molecule has 82 valence electrons. The second kappa shape index (κ2) is 5.21. The van der Waals surface area contributed by atoms with E-state index in [0.29, 0.717) is 6.54 Å². The molecule has 1 aromatic carbocycles. The van der Waals surface area contributed by atoms with Gasteiger partial charge in [0.05, 0.1) is 4.47 Å². The topological polar surface area (TPSA) is 29.1 Å². The molecule has 0 heterocycles. The van der Waals surface area contributed by atoms with E-state index in [-0.39, 0.29) is 10.0 Å². The van der Waals surface area contributed by atoms with E-state index in [1.165, 1.54) is 6.07 Å². The molecule has 0 saturated heterocycles. The van der Waals surface area contributed by atoms with Crippen molar-refractivity contribution in [1.29, 1.82) is 0 Å². The summed E-state index contributed by atoms with van der Waals surface area (Å²) in [4.78, 5) is 11.4. The maximum atomic E-state index is 12.9. The smallest absolute Gasteiger partial charge is 0.251 e. The van der Waals surface area contributed by atoms with Crippen LogP contribution in [0.4, 0.5) is 8.78 Å². The summed E-state index contributed by atoms with van der Waals surface area (Å²) in [7, 11) is 0. The first-order valence-corrected chi connectivity index (χ1v) is 5.28. The summed E-state index contributed by atoms with van der Waals surface area (Å²) < 4.78 is 25.8. The Balaban J connectivity index is 2.91. The van der Waals surface area contributed by atoms with E-state index >= 15 is 0 Å². The molecule has 0 aliphatic heterocycles. The van der Waals surface area contributed by atoms with Crippen molar-refractivity contribution in [2.75, 3.05) is 6.54 Å². The molecule has 0 saturated carbocycles. The molecule has 2 nitrogen and oxygen atoms in total. The summed E-state index contributed by atoms with van der Waals surface area (Å²) in [6, 6.07) is 2.13. The van der Waals surface area contributed by atoms with Crippen LogP contribution in [-0.4, -0.2) is 12.5 Å². The molecule has 0 radical (unpaired) electrons. The molecule has 1 amide bonds. The fourth-order valence-corrected chi connectivity index (χ4v) is 1.46. The lowest BCUT2D eigenvalue weighted by Crippen LogP contribution is -2.24. The number of halogens is 3.